The summed E-state index contributed by atoms with van der Waals surface area (Å²) < 4.78 is 0. The lowest BCUT2D eigenvalue weighted by Crippen LogP contribution is -2.15. The normalized spacial score (nSPS) is 12.1. The van der Waals surface area contributed by atoms with Gasteiger partial charge < -0.3 is 10.2 Å². The van der Waals surface area contributed by atoms with E-state index in [0.29, 0.717) is 18.8 Å². The number of carbonyl (C=O) groups is 2. The number of carboxylic acid groups (broad SMARTS) is 2. The first kappa shape index (κ1) is 21.2. The predicted octanol–water partition coefficient (Wildman–Crippen LogP) is 5.57. The van der Waals surface area contributed by atoms with Crippen molar-refractivity contribution in [3.63, 3.8) is 0 Å². The van der Waals surface area contributed by atoms with Crippen LogP contribution in [0.15, 0.2) is 12.1 Å². The topological polar surface area (TPSA) is 74.6 Å². The van der Waals surface area contributed by atoms with Gasteiger partial charge in [-0.15, -0.1) is 0 Å². The lowest BCUT2D eigenvalue weighted by atomic mass is 9.84. The highest BCUT2D eigenvalue weighted by molar-refractivity contribution is 5.95. The van der Waals surface area contributed by atoms with Gasteiger partial charge in [0.1, 0.15) is 0 Å². The van der Waals surface area contributed by atoms with E-state index in [1.165, 1.54) is 12.1 Å². The summed E-state index contributed by atoms with van der Waals surface area (Å²) in [5, 5.41) is 19.2. The maximum Gasteiger partial charge on any atom is 0.335 e. The Labute approximate surface area is 151 Å². The Kier molecular flexibility index (Phi) is 9.25. The van der Waals surface area contributed by atoms with Crippen LogP contribution in [0.3, 0.4) is 0 Å². The molecule has 0 spiro atoms. The van der Waals surface area contributed by atoms with E-state index in [9.17, 15) is 19.8 Å². The molecule has 140 valence electrons. The number of aromatic carboxylic acids is 2. The summed E-state index contributed by atoms with van der Waals surface area (Å²) in [4.78, 5) is 23.4. The molecule has 0 saturated carbocycles. The molecule has 0 aliphatic carbocycles. The van der Waals surface area contributed by atoms with Gasteiger partial charge in [0.05, 0.1) is 11.1 Å². The monoisotopic (exact) mass is 348 g/mol. The average molecular weight is 348 g/mol. The molecule has 1 aromatic rings. The van der Waals surface area contributed by atoms with Crippen molar-refractivity contribution >= 4 is 11.9 Å². The largest absolute Gasteiger partial charge is 0.478 e. The van der Waals surface area contributed by atoms with Crippen LogP contribution in [0.25, 0.3) is 0 Å². The van der Waals surface area contributed by atoms with Crippen LogP contribution in [0.2, 0.25) is 0 Å². The average Bonchev–Trinajstić information content (AvgIpc) is 2.58. The lowest BCUT2D eigenvalue weighted by Gasteiger charge is -2.20. The van der Waals surface area contributed by atoms with Crippen LogP contribution in [0.5, 0.6) is 0 Å². The maximum absolute atomic E-state index is 11.7. The van der Waals surface area contributed by atoms with Gasteiger partial charge in [-0.2, -0.15) is 0 Å². The fourth-order valence-electron chi connectivity index (χ4n) is 3.40. The van der Waals surface area contributed by atoms with Gasteiger partial charge in [-0.25, -0.2) is 9.59 Å². The third-order valence-corrected chi connectivity index (χ3v) is 4.96. The molecule has 0 aromatic heterocycles. The zero-order valence-corrected chi connectivity index (χ0v) is 15.8. The van der Waals surface area contributed by atoms with Crippen LogP contribution in [0, 0.1) is 5.92 Å². The Bertz CT molecular complexity index is 578. The molecule has 1 rings (SSSR count). The Morgan fingerprint density at radius 2 is 1.44 bits per heavy atom. The molecule has 0 aliphatic rings. The van der Waals surface area contributed by atoms with Crippen molar-refractivity contribution < 1.29 is 19.8 Å². The van der Waals surface area contributed by atoms with E-state index < -0.39 is 11.9 Å². The smallest absolute Gasteiger partial charge is 0.335 e. The Balaban J connectivity index is 3.32. The van der Waals surface area contributed by atoms with E-state index in [-0.39, 0.29) is 11.1 Å². The summed E-state index contributed by atoms with van der Waals surface area (Å²) in [5.41, 5.74) is 2.01. The molecule has 0 heterocycles. The predicted molar refractivity (Wildman–Crippen MR) is 101 cm³/mol. The maximum atomic E-state index is 11.7. The Morgan fingerprint density at radius 3 is 1.92 bits per heavy atom. The molecule has 25 heavy (non-hydrogen) atoms. The lowest BCUT2D eigenvalue weighted by molar-refractivity contribution is 0.0678. The standard InChI is InChI=1S/C21H32O4/c1-4-7-9-11-16-17(20(22)23)12-13-18(21(24)25)19(16)14-15(6-3)10-8-5-2/h12-13,15H,4-11,14H2,1-3H3,(H,22,23)(H,24,25). The second-order valence-electron chi connectivity index (χ2n) is 6.81. The van der Waals surface area contributed by atoms with E-state index in [4.69, 9.17) is 0 Å². The van der Waals surface area contributed by atoms with Crippen LogP contribution in [-0.4, -0.2) is 22.2 Å². The first-order valence-electron chi connectivity index (χ1n) is 9.57. The van der Waals surface area contributed by atoms with E-state index in [0.717, 1.165) is 56.1 Å². The second-order valence-corrected chi connectivity index (χ2v) is 6.81. The third-order valence-electron chi connectivity index (χ3n) is 4.96. The first-order valence-corrected chi connectivity index (χ1v) is 9.57. The number of rotatable bonds is 12. The minimum Gasteiger partial charge on any atom is -0.478 e. The molecule has 0 saturated heterocycles. The summed E-state index contributed by atoms with van der Waals surface area (Å²) in [7, 11) is 0. The van der Waals surface area contributed by atoms with Crippen molar-refractivity contribution in [1.29, 1.82) is 0 Å². The van der Waals surface area contributed by atoms with Crippen molar-refractivity contribution in [2.45, 2.75) is 78.6 Å². The van der Waals surface area contributed by atoms with Crippen molar-refractivity contribution in [3.8, 4) is 0 Å². The van der Waals surface area contributed by atoms with Crippen molar-refractivity contribution in [1.82, 2.24) is 0 Å². The number of carboxylic acids is 2. The molecule has 4 nitrogen and oxygen atoms in total. The minimum atomic E-state index is -0.966. The third kappa shape index (κ3) is 6.18. The SMILES string of the molecule is CCCCCc1c(C(=O)O)ccc(C(=O)O)c1CC(CC)CCCC. The van der Waals surface area contributed by atoms with Gasteiger partial charge in [-0.1, -0.05) is 59.3 Å². The van der Waals surface area contributed by atoms with Crippen molar-refractivity contribution in [2.24, 2.45) is 5.92 Å². The molecule has 1 atom stereocenters. The number of benzene rings is 1. The summed E-state index contributed by atoms with van der Waals surface area (Å²) >= 11 is 0. The fourth-order valence-corrected chi connectivity index (χ4v) is 3.40. The molecular weight excluding hydrogens is 316 g/mol. The molecule has 0 amide bonds. The molecule has 0 fully saturated rings. The molecule has 4 heteroatoms. The molecule has 0 radical (unpaired) electrons. The van der Waals surface area contributed by atoms with E-state index in [2.05, 4.69) is 20.8 Å². The summed E-state index contributed by atoms with van der Waals surface area (Å²) in [6, 6.07) is 2.93. The Hall–Kier alpha value is -1.84. The van der Waals surface area contributed by atoms with Gasteiger partial charge in [-0.3, -0.25) is 0 Å². The summed E-state index contributed by atoms with van der Waals surface area (Å²) in [6.45, 7) is 6.37. The molecule has 0 bridgehead atoms. The minimum absolute atomic E-state index is 0.265. The van der Waals surface area contributed by atoms with Crippen molar-refractivity contribution in [3.05, 3.63) is 34.4 Å². The zero-order chi connectivity index (χ0) is 18.8. The van der Waals surface area contributed by atoms with Gasteiger partial charge in [0, 0.05) is 0 Å². The fraction of sp³-hybridized carbons (Fsp3) is 0.619. The number of hydrogen-bond donors (Lipinski definition) is 2. The summed E-state index contributed by atoms with van der Waals surface area (Å²) in [5.74, 6) is -1.53. The zero-order valence-electron chi connectivity index (χ0n) is 15.8. The van der Waals surface area contributed by atoms with E-state index in [1.807, 2.05) is 0 Å². The van der Waals surface area contributed by atoms with Crippen molar-refractivity contribution in [2.75, 3.05) is 0 Å². The summed E-state index contributed by atoms with van der Waals surface area (Å²) in [6.07, 6.45) is 8.50. The van der Waals surface area contributed by atoms with Gasteiger partial charge in [0.2, 0.25) is 0 Å². The van der Waals surface area contributed by atoms with Crippen LogP contribution in [0.4, 0.5) is 0 Å². The molecule has 1 aromatic carbocycles. The van der Waals surface area contributed by atoms with Crippen LogP contribution in [-0.2, 0) is 12.8 Å². The second kappa shape index (κ2) is 10.9. The van der Waals surface area contributed by atoms with Gasteiger partial charge in [0.25, 0.3) is 0 Å². The molecule has 1 unspecified atom stereocenters. The van der Waals surface area contributed by atoms with Gasteiger partial charge in [-0.05, 0) is 48.4 Å². The van der Waals surface area contributed by atoms with E-state index in [1.54, 1.807) is 0 Å². The molecule has 2 N–H and O–H groups in total. The van der Waals surface area contributed by atoms with Gasteiger partial charge in [0.15, 0.2) is 0 Å². The molecular formula is C21H32O4. The van der Waals surface area contributed by atoms with E-state index >= 15 is 0 Å². The van der Waals surface area contributed by atoms with Crippen LogP contribution in [0.1, 0.15) is 97.6 Å². The first-order chi connectivity index (χ1) is 12.0. The highest BCUT2D eigenvalue weighted by Gasteiger charge is 2.22. The van der Waals surface area contributed by atoms with Crippen LogP contribution < -0.4 is 0 Å². The number of hydrogen-bond acceptors (Lipinski definition) is 2. The highest BCUT2D eigenvalue weighted by atomic mass is 16.4. The Morgan fingerprint density at radius 1 is 0.880 bits per heavy atom. The number of unbranched alkanes of at least 4 members (excludes halogenated alkanes) is 3. The molecule has 0 aliphatic heterocycles. The van der Waals surface area contributed by atoms with Crippen LogP contribution >= 0.6 is 0 Å². The highest BCUT2D eigenvalue weighted by Crippen LogP contribution is 2.28. The van der Waals surface area contributed by atoms with Gasteiger partial charge >= 0.3 is 11.9 Å². The quantitative estimate of drug-likeness (QED) is 0.484.